The van der Waals surface area contributed by atoms with Gasteiger partial charge < -0.3 is 20.7 Å². The Morgan fingerprint density at radius 3 is 2.71 bits per heavy atom. The zero-order valence-electron chi connectivity index (χ0n) is 16.7. The van der Waals surface area contributed by atoms with E-state index < -0.39 is 26.3 Å². The molecule has 31 heavy (non-hydrogen) atoms. The van der Waals surface area contributed by atoms with Crippen LogP contribution < -0.4 is 20.7 Å². The molecule has 2 aromatic rings. The summed E-state index contributed by atoms with van der Waals surface area (Å²) in [5.74, 6) is 0.623. The van der Waals surface area contributed by atoms with Crippen LogP contribution in [0, 0.1) is 10.1 Å². The van der Waals surface area contributed by atoms with Gasteiger partial charge in [-0.05, 0) is 31.4 Å². The summed E-state index contributed by atoms with van der Waals surface area (Å²) in [4.78, 5) is 14.7. The number of allylic oxidation sites excluding steroid dienone is 1. The van der Waals surface area contributed by atoms with Crippen molar-refractivity contribution in [2.24, 2.45) is 4.99 Å². The van der Waals surface area contributed by atoms with Crippen LogP contribution in [-0.4, -0.2) is 38.2 Å². The van der Waals surface area contributed by atoms with Crippen LogP contribution in [0.2, 0.25) is 0 Å². The molecule has 10 nitrogen and oxygen atoms in total. The number of methoxy groups -OCH3 is 1. The van der Waals surface area contributed by atoms with E-state index in [0.29, 0.717) is 17.2 Å². The molecule has 1 aliphatic rings. The Morgan fingerprint density at radius 2 is 2.06 bits per heavy atom. The number of sulfone groups is 1. The summed E-state index contributed by atoms with van der Waals surface area (Å²) >= 11 is 7.36. The fraction of sp³-hybridized carbons (Fsp3) is 0.278. The van der Waals surface area contributed by atoms with Crippen LogP contribution in [0.15, 0.2) is 49.7 Å². The van der Waals surface area contributed by atoms with Crippen LogP contribution in [0.25, 0.3) is 0 Å². The van der Waals surface area contributed by atoms with Crippen LogP contribution in [0.3, 0.4) is 0 Å². The van der Waals surface area contributed by atoms with E-state index in [2.05, 4.69) is 20.9 Å². The predicted octanol–water partition coefficient (Wildman–Crippen LogP) is 3.74. The van der Waals surface area contributed by atoms with Gasteiger partial charge in [0.05, 0.1) is 39.8 Å². The third kappa shape index (κ3) is 4.92. The first kappa shape index (κ1) is 22.8. The molecule has 0 fully saturated rings. The number of thiophene rings is 1. The molecule has 0 bridgehead atoms. The molecule has 1 aromatic heterocycles. The molecule has 2 heterocycles. The topological polar surface area (TPSA) is 135 Å². The van der Waals surface area contributed by atoms with Gasteiger partial charge in [-0.3, -0.25) is 10.1 Å². The third-order valence-electron chi connectivity index (χ3n) is 4.31. The van der Waals surface area contributed by atoms with Crippen molar-refractivity contribution in [2.45, 2.75) is 29.6 Å². The summed E-state index contributed by atoms with van der Waals surface area (Å²) in [7, 11) is -2.07. The zero-order valence-corrected chi connectivity index (χ0v) is 19.1. The van der Waals surface area contributed by atoms with Crippen molar-refractivity contribution in [2.75, 3.05) is 17.7 Å². The molecule has 0 saturated carbocycles. The number of rotatable bonds is 8. The highest BCUT2D eigenvalue weighted by Crippen LogP contribution is 2.33. The minimum Gasteiger partial charge on any atom is -0.494 e. The first-order chi connectivity index (χ1) is 14.6. The molecule has 13 heteroatoms. The van der Waals surface area contributed by atoms with Gasteiger partial charge in [0, 0.05) is 12.3 Å². The molecular weight excluding hydrogens is 466 g/mol. The molecule has 0 radical (unpaired) electrons. The zero-order chi connectivity index (χ0) is 22.8. The molecule has 1 aromatic carbocycles. The Hall–Kier alpha value is -2.83. The van der Waals surface area contributed by atoms with Crippen molar-refractivity contribution >= 4 is 56.1 Å². The Morgan fingerprint density at radius 1 is 1.32 bits per heavy atom. The lowest BCUT2D eigenvalue weighted by Gasteiger charge is -2.25. The van der Waals surface area contributed by atoms with Crippen LogP contribution >= 0.6 is 22.9 Å². The van der Waals surface area contributed by atoms with Crippen molar-refractivity contribution < 1.29 is 18.1 Å². The van der Waals surface area contributed by atoms with E-state index >= 15 is 0 Å². The fourth-order valence-corrected chi connectivity index (χ4v) is 5.50. The first-order valence-electron chi connectivity index (χ1n) is 9.00. The number of hydrogen-bond donors (Lipinski definition) is 3. The number of nitro benzene ring substituents is 1. The van der Waals surface area contributed by atoms with Gasteiger partial charge in [-0.15, -0.1) is 11.3 Å². The Labute approximate surface area is 188 Å². The largest absolute Gasteiger partial charge is 0.494 e. The van der Waals surface area contributed by atoms with Crippen molar-refractivity contribution in [1.82, 2.24) is 5.32 Å². The average molecular weight is 486 g/mol. The quantitative estimate of drug-likeness (QED) is 0.380. The highest BCUT2D eigenvalue weighted by molar-refractivity contribution is 7.94. The van der Waals surface area contributed by atoms with Crippen molar-refractivity contribution in [3.63, 3.8) is 0 Å². The Balaban J connectivity index is 1.79. The van der Waals surface area contributed by atoms with Crippen molar-refractivity contribution in [3.8, 4) is 5.75 Å². The lowest BCUT2D eigenvalue weighted by molar-refractivity contribution is -0.384. The molecule has 1 aliphatic heterocycles. The second kappa shape index (κ2) is 9.12. The maximum absolute atomic E-state index is 12.6. The number of anilines is 2. The molecule has 1 unspecified atom stereocenters. The number of hydrogen-bond acceptors (Lipinski definition) is 10. The molecule has 0 aliphatic carbocycles. The van der Waals surface area contributed by atoms with Crippen LogP contribution in [0.1, 0.15) is 13.8 Å². The highest BCUT2D eigenvalue weighted by Gasteiger charge is 2.26. The second-order valence-corrected chi connectivity index (χ2v) is 10.7. The predicted molar refractivity (Wildman–Crippen MR) is 122 cm³/mol. The molecular formula is C18H20ClN5O5S2. The van der Waals surface area contributed by atoms with Crippen LogP contribution in [-0.2, 0) is 9.84 Å². The first-order valence-corrected chi connectivity index (χ1v) is 11.8. The summed E-state index contributed by atoms with van der Waals surface area (Å²) in [6.45, 7) is 3.24. The maximum Gasteiger partial charge on any atom is 0.273 e. The number of non-ortho nitro benzene ring substituents is 1. The molecule has 0 amide bonds. The summed E-state index contributed by atoms with van der Waals surface area (Å²) < 4.78 is 30.6. The third-order valence-corrected chi connectivity index (χ3v) is 8.27. The van der Waals surface area contributed by atoms with E-state index in [0.717, 1.165) is 11.3 Å². The minimum atomic E-state index is -3.47. The second-order valence-electron chi connectivity index (χ2n) is 6.67. The van der Waals surface area contributed by atoms with Gasteiger partial charge in [0.25, 0.3) is 5.69 Å². The smallest absolute Gasteiger partial charge is 0.273 e. The lowest BCUT2D eigenvalue weighted by Crippen LogP contribution is -2.39. The Kier molecular flexibility index (Phi) is 6.72. The number of nitrogens with zero attached hydrogens (tertiary/aromatic N) is 2. The summed E-state index contributed by atoms with van der Waals surface area (Å²) in [5, 5.41) is 21.4. The summed E-state index contributed by atoms with van der Waals surface area (Å²) in [5.41, 5.74) is 0.768. The normalized spacial score (nSPS) is 16.2. The van der Waals surface area contributed by atoms with E-state index in [-0.39, 0.29) is 20.7 Å². The van der Waals surface area contributed by atoms with Crippen LogP contribution in [0.4, 0.5) is 17.1 Å². The molecule has 3 rings (SSSR count). The monoisotopic (exact) mass is 485 g/mol. The van der Waals surface area contributed by atoms with E-state index in [9.17, 15) is 18.5 Å². The molecule has 166 valence electrons. The number of ether oxygens (including phenoxy) is 1. The van der Waals surface area contributed by atoms with Crippen LogP contribution in [0.5, 0.6) is 5.75 Å². The number of halogens is 1. The molecule has 0 saturated heterocycles. The number of aliphatic imine (C=N–C) groups is 1. The van der Waals surface area contributed by atoms with Crippen molar-refractivity contribution in [3.05, 3.63) is 50.6 Å². The summed E-state index contributed by atoms with van der Waals surface area (Å²) in [6, 6.07) is 5.80. The highest BCUT2D eigenvalue weighted by atomic mass is 35.5. The number of benzene rings is 1. The maximum atomic E-state index is 12.6. The summed E-state index contributed by atoms with van der Waals surface area (Å²) in [6.07, 6.45) is 0.725. The van der Waals surface area contributed by atoms with E-state index in [1.807, 2.05) is 0 Å². The SMILES string of the molecule is COc1cc([N+](=O)[O-])ccc1NC1N=CC(Cl)=C(Nc2ccsc2S(=O)(=O)C(C)C)N1. The minimum absolute atomic E-state index is 0.107. The lowest BCUT2D eigenvalue weighted by atomic mass is 10.2. The van der Waals surface area contributed by atoms with E-state index in [4.69, 9.17) is 16.3 Å². The molecule has 0 spiro atoms. The van der Waals surface area contributed by atoms with Crippen molar-refractivity contribution in [1.29, 1.82) is 0 Å². The van der Waals surface area contributed by atoms with E-state index in [1.165, 1.54) is 31.5 Å². The van der Waals surface area contributed by atoms with Gasteiger partial charge in [0.15, 0.2) is 16.1 Å². The molecule has 3 N–H and O–H groups in total. The van der Waals surface area contributed by atoms with Gasteiger partial charge in [0.1, 0.15) is 15.8 Å². The average Bonchev–Trinajstić information content (AvgIpc) is 3.19. The standard InChI is InChI=1S/C18H20ClN5O5S2/c1-10(2)31(27,28)17-14(6-7-30-17)21-16-12(19)9-20-18(23-16)22-13-5-4-11(24(25)26)8-15(13)29-3/h4-10,18,21-23H,1-3H3. The van der Waals surface area contributed by atoms with Gasteiger partial charge in [-0.25, -0.2) is 13.4 Å². The van der Waals surface area contributed by atoms with E-state index in [1.54, 1.807) is 25.3 Å². The number of nitrogens with one attached hydrogen (secondary N) is 3. The van der Waals surface area contributed by atoms with Gasteiger partial charge in [-0.2, -0.15) is 0 Å². The van der Waals surface area contributed by atoms with Gasteiger partial charge >= 0.3 is 0 Å². The molecule has 1 atom stereocenters. The van der Waals surface area contributed by atoms with Gasteiger partial charge in [-0.1, -0.05) is 11.6 Å². The fourth-order valence-electron chi connectivity index (χ4n) is 2.63. The van der Waals surface area contributed by atoms with Gasteiger partial charge in [0.2, 0.25) is 0 Å². The Bertz CT molecular complexity index is 1160. The number of nitro groups is 1.